The van der Waals surface area contributed by atoms with Gasteiger partial charge in [-0.05, 0) is 36.0 Å². The van der Waals surface area contributed by atoms with Gasteiger partial charge in [0.05, 0.1) is 6.04 Å². The van der Waals surface area contributed by atoms with E-state index in [1.165, 1.54) is 0 Å². The Labute approximate surface area is 173 Å². The molecule has 1 atom stereocenters. The van der Waals surface area contributed by atoms with Crippen LogP contribution >= 0.6 is 0 Å². The third kappa shape index (κ3) is 5.80. The lowest BCUT2D eigenvalue weighted by Gasteiger charge is -2.32. The van der Waals surface area contributed by atoms with Crippen LogP contribution in [0.2, 0.25) is 0 Å². The first kappa shape index (κ1) is 20.8. The van der Waals surface area contributed by atoms with Gasteiger partial charge in [0.25, 0.3) is 0 Å². The van der Waals surface area contributed by atoms with Crippen molar-refractivity contribution in [1.29, 1.82) is 0 Å². The van der Waals surface area contributed by atoms with Crippen molar-refractivity contribution in [2.24, 2.45) is 11.8 Å². The topological polar surface area (TPSA) is 49.4 Å². The Hall–Kier alpha value is -2.88. The standard InChI is InChI=1S/C25H30N2O2/c1-19(2)24(21-11-7-4-8-12-21)26-25(29)22-15-17-27(18-16-22)23(28)14-13-20-9-5-3-6-10-20/h3-14,19,22,24H,15-18H2,1-2H3,(H,26,29)/b14-13+. The highest BCUT2D eigenvalue weighted by atomic mass is 16.2. The average molecular weight is 391 g/mol. The maximum atomic E-state index is 12.8. The Bertz CT molecular complexity index is 822. The molecule has 0 bridgehead atoms. The van der Waals surface area contributed by atoms with Crippen LogP contribution in [0.5, 0.6) is 0 Å². The molecule has 1 aliphatic heterocycles. The number of nitrogens with zero attached hydrogens (tertiary/aromatic N) is 1. The van der Waals surface area contributed by atoms with Crippen molar-refractivity contribution in [2.75, 3.05) is 13.1 Å². The van der Waals surface area contributed by atoms with Crippen molar-refractivity contribution in [3.63, 3.8) is 0 Å². The number of likely N-dealkylation sites (tertiary alicyclic amines) is 1. The average Bonchev–Trinajstić information content (AvgIpc) is 2.77. The van der Waals surface area contributed by atoms with Gasteiger partial charge in [-0.1, -0.05) is 74.5 Å². The summed E-state index contributed by atoms with van der Waals surface area (Å²) in [6.45, 7) is 5.48. The molecule has 0 aromatic heterocycles. The van der Waals surface area contributed by atoms with Crippen LogP contribution in [0, 0.1) is 11.8 Å². The lowest BCUT2D eigenvalue weighted by Crippen LogP contribution is -2.43. The summed E-state index contributed by atoms with van der Waals surface area (Å²) in [5.74, 6) is 0.379. The highest BCUT2D eigenvalue weighted by Gasteiger charge is 2.28. The van der Waals surface area contributed by atoms with Crippen LogP contribution in [0.15, 0.2) is 66.7 Å². The minimum absolute atomic E-state index is 0.0112. The summed E-state index contributed by atoms with van der Waals surface area (Å²) in [5.41, 5.74) is 2.14. The molecule has 4 nitrogen and oxygen atoms in total. The van der Waals surface area contributed by atoms with Gasteiger partial charge in [0.2, 0.25) is 11.8 Å². The molecular formula is C25H30N2O2. The number of hydrogen-bond donors (Lipinski definition) is 1. The lowest BCUT2D eigenvalue weighted by atomic mass is 9.92. The Morgan fingerprint density at radius 3 is 2.14 bits per heavy atom. The Morgan fingerprint density at radius 2 is 1.55 bits per heavy atom. The van der Waals surface area contributed by atoms with Gasteiger partial charge in [0.15, 0.2) is 0 Å². The van der Waals surface area contributed by atoms with Crippen molar-refractivity contribution < 1.29 is 9.59 Å². The number of rotatable bonds is 6. The number of piperidine rings is 1. The molecule has 2 amide bonds. The first-order chi connectivity index (χ1) is 14.0. The molecule has 29 heavy (non-hydrogen) atoms. The summed E-state index contributed by atoms with van der Waals surface area (Å²) in [6.07, 6.45) is 4.88. The van der Waals surface area contributed by atoms with Gasteiger partial charge in [0, 0.05) is 25.1 Å². The molecular weight excluding hydrogens is 360 g/mol. The normalized spacial score (nSPS) is 16.2. The van der Waals surface area contributed by atoms with Crippen LogP contribution < -0.4 is 5.32 Å². The fourth-order valence-electron chi connectivity index (χ4n) is 3.77. The van der Waals surface area contributed by atoms with E-state index in [2.05, 4.69) is 31.3 Å². The molecule has 0 spiro atoms. The highest BCUT2D eigenvalue weighted by molar-refractivity contribution is 5.92. The Morgan fingerprint density at radius 1 is 0.966 bits per heavy atom. The molecule has 0 saturated carbocycles. The quantitative estimate of drug-likeness (QED) is 0.741. The Kier molecular flexibility index (Phi) is 7.23. The second-order valence-electron chi connectivity index (χ2n) is 7.98. The zero-order chi connectivity index (χ0) is 20.6. The van der Waals surface area contributed by atoms with E-state index in [0.717, 1.165) is 11.1 Å². The van der Waals surface area contributed by atoms with Crippen LogP contribution in [0.25, 0.3) is 6.08 Å². The number of hydrogen-bond acceptors (Lipinski definition) is 2. The SMILES string of the molecule is CC(C)C(NC(=O)C1CCN(C(=O)/C=C/c2ccccc2)CC1)c1ccccc1. The Balaban J connectivity index is 1.52. The molecule has 1 saturated heterocycles. The fraction of sp³-hybridized carbons (Fsp3) is 0.360. The van der Waals surface area contributed by atoms with Gasteiger partial charge in [-0.3, -0.25) is 9.59 Å². The zero-order valence-corrected chi connectivity index (χ0v) is 17.3. The van der Waals surface area contributed by atoms with Crippen LogP contribution in [-0.4, -0.2) is 29.8 Å². The van der Waals surface area contributed by atoms with E-state index < -0.39 is 0 Å². The minimum atomic E-state index is -0.0397. The van der Waals surface area contributed by atoms with Gasteiger partial charge >= 0.3 is 0 Å². The van der Waals surface area contributed by atoms with Crippen molar-refractivity contribution >= 4 is 17.9 Å². The van der Waals surface area contributed by atoms with E-state index in [-0.39, 0.29) is 23.8 Å². The smallest absolute Gasteiger partial charge is 0.246 e. The second kappa shape index (κ2) is 10.1. The third-order valence-electron chi connectivity index (χ3n) is 5.52. The number of carbonyl (C=O) groups is 2. The monoisotopic (exact) mass is 390 g/mol. The maximum absolute atomic E-state index is 12.8. The summed E-state index contributed by atoms with van der Waals surface area (Å²) in [6, 6.07) is 19.9. The summed E-state index contributed by atoms with van der Waals surface area (Å²) in [4.78, 5) is 27.1. The molecule has 152 valence electrons. The van der Waals surface area contributed by atoms with Crippen LogP contribution in [0.1, 0.15) is 43.9 Å². The van der Waals surface area contributed by atoms with Gasteiger partial charge in [-0.2, -0.15) is 0 Å². The molecule has 2 aromatic rings. The largest absolute Gasteiger partial charge is 0.349 e. The van der Waals surface area contributed by atoms with E-state index in [4.69, 9.17) is 0 Å². The molecule has 3 rings (SSSR count). The van der Waals surface area contributed by atoms with E-state index in [1.807, 2.05) is 59.5 Å². The van der Waals surface area contributed by atoms with Gasteiger partial charge in [-0.15, -0.1) is 0 Å². The van der Waals surface area contributed by atoms with Crippen molar-refractivity contribution in [3.8, 4) is 0 Å². The fourth-order valence-corrected chi connectivity index (χ4v) is 3.77. The molecule has 0 radical (unpaired) electrons. The summed E-state index contributed by atoms with van der Waals surface area (Å²) >= 11 is 0. The molecule has 1 unspecified atom stereocenters. The van der Waals surface area contributed by atoms with Gasteiger partial charge in [0.1, 0.15) is 0 Å². The first-order valence-electron chi connectivity index (χ1n) is 10.4. The van der Waals surface area contributed by atoms with Crippen molar-refractivity contribution in [1.82, 2.24) is 10.2 Å². The van der Waals surface area contributed by atoms with Crippen LogP contribution in [0.3, 0.4) is 0 Å². The summed E-state index contributed by atoms with van der Waals surface area (Å²) < 4.78 is 0. The summed E-state index contributed by atoms with van der Waals surface area (Å²) in [5, 5.41) is 3.24. The first-order valence-corrected chi connectivity index (χ1v) is 10.4. The summed E-state index contributed by atoms with van der Waals surface area (Å²) in [7, 11) is 0. The molecule has 2 aromatic carbocycles. The number of nitrogens with one attached hydrogen (secondary N) is 1. The van der Waals surface area contributed by atoms with Gasteiger partial charge in [-0.25, -0.2) is 0 Å². The predicted molar refractivity (Wildman–Crippen MR) is 117 cm³/mol. The third-order valence-corrected chi connectivity index (χ3v) is 5.52. The molecule has 1 fully saturated rings. The molecule has 4 heteroatoms. The number of carbonyl (C=O) groups excluding carboxylic acids is 2. The number of benzene rings is 2. The second-order valence-corrected chi connectivity index (χ2v) is 7.98. The number of amides is 2. The van der Waals surface area contributed by atoms with Crippen LogP contribution in [-0.2, 0) is 9.59 Å². The lowest BCUT2D eigenvalue weighted by molar-refractivity contribution is -0.132. The van der Waals surface area contributed by atoms with E-state index in [1.54, 1.807) is 6.08 Å². The highest BCUT2D eigenvalue weighted by Crippen LogP contribution is 2.24. The molecule has 1 heterocycles. The van der Waals surface area contributed by atoms with Gasteiger partial charge < -0.3 is 10.2 Å². The van der Waals surface area contributed by atoms with Crippen molar-refractivity contribution in [3.05, 3.63) is 77.9 Å². The molecule has 1 N–H and O–H groups in total. The predicted octanol–water partition coefficient (Wildman–Crippen LogP) is 4.45. The zero-order valence-electron chi connectivity index (χ0n) is 17.3. The minimum Gasteiger partial charge on any atom is -0.349 e. The van der Waals surface area contributed by atoms with E-state index >= 15 is 0 Å². The van der Waals surface area contributed by atoms with E-state index in [9.17, 15) is 9.59 Å². The maximum Gasteiger partial charge on any atom is 0.246 e. The molecule has 1 aliphatic rings. The van der Waals surface area contributed by atoms with Crippen molar-refractivity contribution in [2.45, 2.75) is 32.7 Å². The van der Waals surface area contributed by atoms with E-state index in [0.29, 0.717) is 31.8 Å². The molecule has 0 aliphatic carbocycles. The van der Waals surface area contributed by atoms with Crippen LogP contribution in [0.4, 0.5) is 0 Å².